The number of nitrogens with two attached hydrogens (primary N) is 1. The largest absolute Gasteiger partial charge is 0.416 e. The molecule has 122 valence electrons. The third kappa shape index (κ3) is 3.98. The minimum atomic E-state index is -4.36. The smallest absolute Gasteiger partial charge is 0.381 e. The summed E-state index contributed by atoms with van der Waals surface area (Å²) in [4.78, 5) is 11.7. The number of carbonyl (C=O) groups excluding carboxylic acids is 1. The molecule has 1 aliphatic rings. The Kier molecular flexibility index (Phi) is 5.08. The predicted molar refractivity (Wildman–Crippen MR) is 74.8 cm³/mol. The number of carbonyl (C=O) groups is 1. The summed E-state index contributed by atoms with van der Waals surface area (Å²) in [6.45, 7) is 1.52. The SMILES string of the molecule is NC(=O)C1(CNCc2cccc(C(F)(F)F)c2)CCOCC1. The lowest BCUT2D eigenvalue weighted by Gasteiger charge is -2.34. The van der Waals surface area contributed by atoms with Gasteiger partial charge in [-0.25, -0.2) is 0 Å². The van der Waals surface area contributed by atoms with E-state index in [0.29, 0.717) is 38.2 Å². The van der Waals surface area contributed by atoms with Crippen LogP contribution in [-0.2, 0) is 22.3 Å². The normalized spacial score (nSPS) is 18.1. The van der Waals surface area contributed by atoms with Crippen LogP contribution in [-0.4, -0.2) is 25.7 Å². The molecule has 1 aromatic carbocycles. The van der Waals surface area contributed by atoms with E-state index in [1.807, 2.05) is 0 Å². The number of amides is 1. The number of halogens is 3. The second-order valence-electron chi connectivity index (χ2n) is 5.56. The van der Waals surface area contributed by atoms with Gasteiger partial charge < -0.3 is 15.8 Å². The zero-order valence-corrected chi connectivity index (χ0v) is 12.1. The minimum absolute atomic E-state index is 0.250. The van der Waals surface area contributed by atoms with E-state index >= 15 is 0 Å². The van der Waals surface area contributed by atoms with Crippen molar-refractivity contribution in [2.75, 3.05) is 19.8 Å². The van der Waals surface area contributed by atoms with Crippen LogP contribution in [0.4, 0.5) is 13.2 Å². The summed E-state index contributed by atoms with van der Waals surface area (Å²) in [5, 5.41) is 3.05. The second kappa shape index (κ2) is 6.66. The van der Waals surface area contributed by atoms with E-state index < -0.39 is 23.1 Å². The van der Waals surface area contributed by atoms with E-state index in [2.05, 4.69) is 5.32 Å². The summed E-state index contributed by atoms with van der Waals surface area (Å²) in [6, 6.07) is 5.13. The lowest BCUT2D eigenvalue weighted by molar-refractivity contribution is -0.137. The second-order valence-corrected chi connectivity index (χ2v) is 5.56. The van der Waals surface area contributed by atoms with Crippen LogP contribution in [0.15, 0.2) is 24.3 Å². The highest BCUT2D eigenvalue weighted by Crippen LogP contribution is 2.31. The molecule has 1 heterocycles. The molecule has 0 unspecified atom stereocenters. The first-order valence-electron chi connectivity index (χ1n) is 7.08. The number of hydrogen-bond donors (Lipinski definition) is 2. The van der Waals surface area contributed by atoms with E-state index in [9.17, 15) is 18.0 Å². The van der Waals surface area contributed by atoms with Crippen molar-refractivity contribution in [1.29, 1.82) is 0 Å². The Labute approximate surface area is 126 Å². The first-order valence-corrected chi connectivity index (χ1v) is 7.08. The predicted octanol–water partition coefficient (Wildman–Crippen LogP) is 2.08. The van der Waals surface area contributed by atoms with Crippen molar-refractivity contribution in [3.05, 3.63) is 35.4 Å². The van der Waals surface area contributed by atoms with Gasteiger partial charge in [-0.3, -0.25) is 4.79 Å². The molecule has 0 aromatic heterocycles. The Bertz CT molecular complexity index is 526. The van der Waals surface area contributed by atoms with Gasteiger partial charge in [0.05, 0.1) is 11.0 Å². The summed E-state index contributed by atoms with van der Waals surface area (Å²) in [7, 11) is 0. The molecule has 0 saturated carbocycles. The molecule has 1 fully saturated rings. The number of hydrogen-bond acceptors (Lipinski definition) is 3. The van der Waals surface area contributed by atoms with Gasteiger partial charge in [0.1, 0.15) is 0 Å². The average molecular weight is 316 g/mol. The van der Waals surface area contributed by atoms with Gasteiger partial charge in [0.15, 0.2) is 0 Å². The van der Waals surface area contributed by atoms with Gasteiger partial charge in [-0.05, 0) is 24.5 Å². The van der Waals surface area contributed by atoms with E-state index in [-0.39, 0.29) is 6.54 Å². The van der Waals surface area contributed by atoms with E-state index in [0.717, 1.165) is 12.1 Å². The van der Waals surface area contributed by atoms with Crippen molar-refractivity contribution >= 4 is 5.91 Å². The molecule has 1 aliphatic heterocycles. The van der Waals surface area contributed by atoms with Crippen LogP contribution in [0.1, 0.15) is 24.0 Å². The lowest BCUT2D eigenvalue weighted by Crippen LogP contribution is -2.48. The van der Waals surface area contributed by atoms with Crippen molar-refractivity contribution in [3.63, 3.8) is 0 Å². The molecule has 7 heteroatoms. The zero-order chi connectivity index (χ0) is 16.2. The maximum Gasteiger partial charge on any atom is 0.416 e. The summed E-state index contributed by atoms with van der Waals surface area (Å²) >= 11 is 0. The van der Waals surface area contributed by atoms with Crippen LogP contribution >= 0.6 is 0 Å². The lowest BCUT2D eigenvalue weighted by atomic mass is 9.79. The van der Waals surface area contributed by atoms with Gasteiger partial charge >= 0.3 is 6.18 Å². The van der Waals surface area contributed by atoms with Gasteiger partial charge in [-0.1, -0.05) is 18.2 Å². The molecule has 4 nitrogen and oxygen atoms in total. The third-order valence-electron chi connectivity index (χ3n) is 4.02. The summed E-state index contributed by atoms with van der Waals surface area (Å²) in [5.41, 5.74) is 4.64. The van der Waals surface area contributed by atoms with Crippen molar-refractivity contribution in [2.45, 2.75) is 25.6 Å². The molecule has 0 radical (unpaired) electrons. The van der Waals surface area contributed by atoms with Gasteiger partial charge in [0.2, 0.25) is 5.91 Å². The quantitative estimate of drug-likeness (QED) is 0.874. The standard InChI is InChI=1S/C15H19F3N2O2/c16-15(17,18)12-3-1-2-11(8-12)9-20-10-14(13(19)21)4-6-22-7-5-14/h1-3,8,20H,4-7,9-10H2,(H2,19,21). The van der Waals surface area contributed by atoms with Crippen molar-refractivity contribution in [1.82, 2.24) is 5.32 Å². The highest BCUT2D eigenvalue weighted by atomic mass is 19.4. The number of alkyl halides is 3. The van der Waals surface area contributed by atoms with Crippen molar-refractivity contribution in [2.24, 2.45) is 11.1 Å². The van der Waals surface area contributed by atoms with E-state index in [4.69, 9.17) is 10.5 Å². The fourth-order valence-electron chi connectivity index (χ4n) is 2.58. The first kappa shape index (κ1) is 16.8. The Hall–Kier alpha value is -1.60. The molecule has 0 aliphatic carbocycles. The van der Waals surface area contributed by atoms with Crippen LogP contribution in [0, 0.1) is 5.41 Å². The van der Waals surface area contributed by atoms with Gasteiger partial charge in [-0.15, -0.1) is 0 Å². The monoisotopic (exact) mass is 316 g/mol. The third-order valence-corrected chi connectivity index (χ3v) is 4.02. The molecule has 3 N–H and O–H groups in total. The Morgan fingerprint density at radius 1 is 1.32 bits per heavy atom. The number of rotatable bonds is 5. The Morgan fingerprint density at radius 2 is 2.00 bits per heavy atom. The molecule has 0 atom stereocenters. The molecular formula is C15H19F3N2O2. The number of benzene rings is 1. The Balaban J connectivity index is 1.97. The average Bonchev–Trinajstić information content (AvgIpc) is 2.47. The van der Waals surface area contributed by atoms with Crippen LogP contribution in [0.25, 0.3) is 0 Å². The molecule has 0 bridgehead atoms. The Morgan fingerprint density at radius 3 is 2.59 bits per heavy atom. The molecule has 1 saturated heterocycles. The van der Waals surface area contributed by atoms with Gasteiger partial charge in [0.25, 0.3) is 0 Å². The molecule has 2 rings (SSSR count). The van der Waals surface area contributed by atoms with Crippen LogP contribution < -0.4 is 11.1 Å². The van der Waals surface area contributed by atoms with Crippen molar-refractivity contribution in [3.8, 4) is 0 Å². The van der Waals surface area contributed by atoms with Gasteiger partial charge in [0, 0.05) is 26.3 Å². The molecule has 1 amide bonds. The molecule has 1 aromatic rings. The number of ether oxygens (including phenoxy) is 1. The van der Waals surface area contributed by atoms with Crippen LogP contribution in [0.5, 0.6) is 0 Å². The topological polar surface area (TPSA) is 64.4 Å². The van der Waals surface area contributed by atoms with Crippen LogP contribution in [0.3, 0.4) is 0 Å². The minimum Gasteiger partial charge on any atom is -0.381 e. The first-order chi connectivity index (χ1) is 10.3. The maximum absolute atomic E-state index is 12.7. The maximum atomic E-state index is 12.7. The molecule has 0 spiro atoms. The highest BCUT2D eigenvalue weighted by Gasteiger charge is 2.38. The fourth-order valence-corrected chi connectivity index (χ4v) is 2.58. The summed E-state index contributed by atoms with van der Waals surface area (Å²) in [5.74, 6) is -0.396. The highest BCUT2D eigenvalue weighted by molar-refractivity contribution is 5.81. The van der Waals surface area contributed by atoms with Crippen LogP contribution in [0.2, 0.25) is 0 Å². The fraction of sp³-hybridized carbons (Fsp3) is 0.533. The van der Waals surface area contributed by atoms with E-state index in [1.165, 1.54) is 6.07 Å². The molecular weight excluding hydrogens is 297 g/mol. The summed E-state index contributed by atoms with van der Waals surface area (Å²) in [6.07, 6.45) is -3.30. The van der Waals surface area contributed by atoms with Crippen molar-refractivity contribution < 1.29 is 22.7 Å². The summed E-state index contributed by atoms with van der Waals surface area (Å²) < 4.78 is 43.2. The van der Waals surface area contributed by atoms with E-state index in [1.54, 1.807) is 6.07 Å². The molecule has 22 heavy (non-hydrogen) atoms. The van der Waals surface area contributed by atoms with Gasteiger partial charge in [-0.2, -0.15) is 13.2 Å². The zero-order valence-electron chi connectivity index (χ0n) is 12.1. The number of primary amides is 1. The number of nitrogens with one attached hydrogen (secondary N) is 1.